The topological polar surface area (TPSA) is 70.0 Å². The number of carbonyl (C=O) groups is 1. The van der Waals surface area contributed by atoms with Crippen molar-refractivity contribution < 1.29 is 20.0 Å². The van der Waals surface area contributed by atoms with Crippen LogP contribution in [0.5, 0.6) is 0 Å². The molecular weight excluding hydrogens is 114 g/mol. The lowest BCUT2D eigenvalue weighted by Crippen LogP contribution is -2.18. The highest BCUT2D eigenvalue weighted by molar-refractivity contribution is 5.76. The average molecular weight is 121 g/mol. The van der Waals surface area contributed by atoms with Crippen LogP contribution in [0.1, 0.15) is 6.92 Å². The summed E-state index contributed by atoms with van der Waals surface area (Å²) >= 11 is 0. The lowest BCUT2D eigenvalue weighted by Gasteiger charge is -2.01. The minimum Gasteiger partial charge on any atom is -0.297 e. The van der Waals surface area contributed by atoms with Gasteiger partial charge in [-0.25, -0.2) is 4.84 Å². The molecule has 0 saturated heterocycles. The molecule has 0 rings (SSSR count). The molecule has 0 radical (unpaired) electrons. The van der Waals surface area contributed by atoms with Crippen molar-refractivity contribution in [3.05, 3.63) is 0 Å². The Kier molecular flexibility index (Phi) is 3.29. The number of Topliss-reactive ketones (excluding diaryl/α,β-unsaturated/α-hetero) is 1. The van der Waals surface area contributed by atoms with E-state index in [9.17, 15) is 4.79 Å². The van der Waals surface area contributed by atoms with Crippen molar-refractivity contribution in [3.8, 4) is 0 Å². The van der Waals surface area contributed by atoms with Crippen LogP contribution in [0, 0.1) is 0 Å². The van der Waals surface area contributed by atoms with Gasteiger partial charge in [0.15, 0.2) is 5.78 Å². The van der Waals surface area contributed by atoms with Gasteiger partial charge in [0.05, 0.1) is 5.39 Å². The molecule has 0 unspecified atom stereocenters. The SMILES string of the molecule is CC(=O)CON(O)O. The molecule has 0 fully saturated rings. The van der Waals surface area contributed by atoms with Crippen LogP contribution < -0.4 is 0 Å². The third kappa shape index (κ3) is 5.51. The molecule has 5 nitrogen and oxygen atoms in total. The van der Waals surface area contributed by atoms with Gasteiger partial charge in [-0.05, 0) is 6.92 Å². The van der Waals surface area contributed by atoms with E-state index in [4.69, 9.17) is 10.4 Å². The van der Waals surface area contributed by atoms with Gasteiger partial charge in [-0.15, -0.1) is 0 Å². The van der Waals surface area contributed by atoms with Crippen LogP contribution in [0.2, 0.25) is 0 Å². The van der Waals surface area contributed by atoms with Gasteiger partial charge < -0.3 is 0 Å². The van der Waals surface area contributed by atoms with Crippen LogP contribution in [0.15, 0.2) is 0 Å². The summed E-state index contributed by atoms with van der Waals surface area (Å²) in [6.45, 7) is 0.941. The van der Waals surface area contributed by atoms with Crippen LogP contribution in [0.25, 0.3) is 0 Å². The fraction of sp³-hybridized carbons (Fsp3) is 0.667. The van der Waals surface area contributed by atoms with Gasteiger partial charge in [0.2, 0.25) is 0 Å². The van der Waals surface area contributed by atoms with E-state index in [2.05, 4.69) is 4.84 Å². The molecule has 5 heteroatoms. The first-order valence-corrected chi connectivity index (χ1v) is 1.93. The Morgan fingerprint density at radius 2 is 2.25 bits per heavy atom. The van der Waals surface area contributed by atoms with Gasteiger partial charge >= 0.3 is 0 Å². The quantitative estimate of drug-likeness (QED) is 0.496. The van der Waals surface area contributed by atoms with Gasteiger partial charge in [-0.2, -0.15) is 0 Å². The fourth-order valence-electron chi connectivity index (χ4n) is 0.149. The monoisotopic (exact) mass is 121 g/mol. The lowest BCUT2D eigenvalue weighted by atomic mass is 10.5. The molecule has 8 heavy (non-hydrogen) atoms. The molecule has 0 bridgehead atoms. The summed E-state index contributed by atoms with van der Waals surface area (Å²) in [6, 6.07) is 0. The molecule has 0 aliphatic carbocycles. The van der Waals surface area contributed by atoms with E-state index in [0.29, 0.717) is 0 Å². The van der Waals surface area contributed by atoms with Gasteiger partial charge in [0, 0.05) is 0 Å². The zero-order valence-corrected chi connectivity index (χ0v) is 4.37. The second kappa shape index (κ2) is 3.50. The average Bonchev–Trinajstić information content (AvgIpc) is 1.61. The molecule has 0 aromatic heterocycles. The molecule has 48 valence electrons. The highest BCUT2D eigenvalue weighted by Gasteiger charge is 1.95. The molecule has 2 N–H and O–H groups in total. The summed E-state index contributed by atoms with van der Waals surface area (Å²) in [5.41, 5.74) is 0. The first kappa shape index (κ1) is 7.51. The molecule has 0 spiro atoms. The van der Waals surface area contributed by atoms with E-state index < -0.39 is 5.39 Å². The summed E-state index contributed by atoms with van der Waals surface area (Å²) < 4.78 is 0. The van der Waals surface area contributed by atoms with Crippen molar-refractivity contribution in [1.82, 2.24) is 5.39 Å². The molecule has 0 atom stereocenters. The Labute approximate surface area is 46.0 Å². The second-order valence-electron chi connectivity index (χ2n) is 1.23. The third-order valence-electron chi connectivity index (χ3n) is 0.383. The number of hydrogen-bond donors (Lipinski definition) is 2. The Morgan fingerprint density at radius 3 is 2.38 bits per heavy atom. The number of rotatable bonds is 3. The van der Waals surface area contributed by atoms with E-state index >= 15 is 0 Å². The highest BCUT2D eigenvalue weighted by Crippen LogP contribution is 1.76. The van der Waals surface area contributed by atoms with Crippen molar-refractivity contribution in [2.45, 2.75) is 6.92 Å². The summed E-state index contributed by atoms with van der Waals surface area (Å²) in [5, 5.41) is 15.1. The highest BCUT2D eigenvalue weighted by atomic mass is 17.1. The minimum absolute atomic E-state index is 0.280. The van der Waals surface area contributed by atoms with Crippen LogP contribution in [-0.2, 0) is 9.63 Å². The molecule has 0 aromatic rings. The molecule has 0 saturated carbocycles. The van der Waals surface area contributed by atoms with E-state index in [1.54, 1.807) is 0 Å². The third-order valence-corrected chi connectivity index (χ3v) is 0.383. The zero-order chi connectivity index (χ0) is 6.57. The second-order valence-corrected chi connectivity index (χ2v) is 1.23. The Balaban J connectivity index is 3.05. The largest absolute Gasteiger partial charge is 0.297 e. The standard InChI is InChI=1S/C3H7NO4/c1-3(5)2-8-4(6)7/h6-7H,2H2,1H3. The smallest absolute Gasteiger partial charge is 0.157 e. The zero-order valence-electron chi connectivity index (χ0n) is 4.37. The Bertz CT molecular complexity index is 81.4. The number of hydrogen-bond acceptors (Lipinski definition) is 5. The molecule has 0 aromatic carbocycles. The molecule has 0 amide bonds. The normalized spacial score (nSPS) is 10.0. The molecule has 0 aliphatic rings. The lowest BCUT2D eigenvalue weighted by molar-refractivity contribution is -0.488. The summed E-state index contributed by atoms with van der Waals surface area (Å²) in [6.07, 6.45) is 0. The Hall–Kier alpha value is -0.490. The number of nitrogens with zero attached hydrogens (tertiary/aromatic N) is 1. The maximum absolute atomic E-state index is 9.97. The predicted molar refractivity (Wildman–Crippen MR) is 22.0 cm³/mol. The van der Waals surface area contributed by atoms with Gasteiger partial charge in [0.1, 0.15) is 6.61 Å². The summed E-state index contributed by atoms with van der Waals surface area (Å²) in [7, 11) is 0. The Morgan fingerprint density at radius 1 is 1.75 bits per heavy atom. The van der Waals surface area contributed by atoms with Gasteiger partial charge in [-0.1, -0.05) is 0 Å². The first-order chi connectivity index (χ1) is 3.63. The number of ketones is 1. The van der Waals surface area contributed by atoms with Gasteiger partial charge in [0.25, 0.3) is 0 Å². The van der Waals surface area contributed by atoms with E-state index in [1.165, 1.54) is 6.92 Å². The van der Waals surface area contributed by atoms with Crippen LogP contribution in [0.4, 0.5) is 0 Å². The van der Waals surface area contributed by atoms with Crippen molar-refractivity contribution in [2.24, 2.45) is 0 Å². The molecule has 0 aliphatic heterocycles. The van der Waals surface area contributed by atoms with E-state index in [0.717, 1.165) is 0 Å². The molecular formula is C3H7NO4. The van der Waals surface area contributed by atoms with E-state index in [1.807, 2.05) is 0 Å². The van der Waals surface area contributed by atoms with Crippen molar-refractivity contribution in [2.75, 3.05) is 6.61 Å². The van der Waals surface area contributed by atoms with Gasteiger partial charge in [-0.3, -0.25) is 15.2 Å². The van der Waals surface area contributed by atoms with Crippen LogP contribution in [-0.4, -0.2) is 28.2 Å². The van der Waals surface area contributed by atoms with E-state index in [-0.39, 0.29) is 12.4 Å². The van der Waals surface area contributed by atoms with Crippen molar-refractivity contribution in [1.29, 1.82) is 0 Å². The predicted octanol–water partition coefficient (Wildman–Crippen LogP) is -0.413. The summed E-state index contributed by atoms with van der Waals surface area (Å²) in [5.74, 6) is -0.280. The van der Waals surface area contributed by atoms with Crippen LogP contribution >= 0.6 is 0 Å². The van der Waals surface area contributed by atoms with Crippen molar-refractivity contribution in [3.63, 3.8) is 0 Å². The fourth-order valence-corrected chi connectivity index (χ4v) is 0.149. The maximum Gasteiger partial charge on any atom is 0.157 e. The summed E-state index contributed by atoms with van der Waals surface area (Å²) in [4.78, 5) is 13.9. The minimum atomic E-state index is -0.499. The molecule has 0 heterocycles. The maximum atomic E-state index is 9.97. The first-order valence-electron chi connectivity index (χ1n) is 1.93. The van der Waals surface area contributed by atoms with Crippen molar-refractivity contribution >= 4 is 5.78 Å². The van der Waals surface area contributed by atoms with Crippen LogP contribution in [0.3, 0.4) is 0 Å². The number of carbonyl (C=O) groups excluding carboxylic acids is 1.